The highest BCUT2D eigenvalue weighted by atomic mass is 16.2. The summed E-state index contributed by atoms with van der Waals surface area (Å²) in [5.41, 5.74) is 0. The molecule has 1 N–H and O–H groups in total. The van der Waals surface area contributed by atoms with Crippen LogP contribution in [0, 0.1) is 11.8 Å². The van der Waals surface area contributed by atoms with E-state index in [4.69, 9.17) is 0 Å². The molecular formula is C19H27N5O2. The van der Waals surface area contributed by atoms with Crippen LogP contribution in [0.3, 0.4) is 0 Å². The van der Waals surface area contributed by atoms with Crippen molar-refractivity contribution in [2.24, 2.45) is 11.8 Å². The van der Waals surface area contributed by atoms with E-state index in [1.807, 2.05) is 4.90 Å². The summed E-state index contributed by atoms with van der Waals surface area (Å²) in [6.07, 6.45) is 10.0. The van der Waals surface area contributed by atoms with Gasteiger partial charge in [-0.2, -0.15) is 0 Å². The van der Waals surface area contributed by atoms with E-state index in [1.165, 1.54) is 19.3 Å². The van der Waals surface area contributed by atoms with Crippen LogP contribution in [0.1, 0.15) is 38.5 Å². The Morgan fingerprint density at radius 3 is 2.35 bits per heavy atom. The third kappa shape index (κ3) is 3.81. The first-order chi connectivity index (χ1) is 12.7. The van der Waals surface area contributed by atoms with Crippen molar-refractivity contribution in [2.75, 3.05) is 31.1 Å². The SMILES string of the molecule is O=C(NC1CCCCC1)C1CC1C(=O)N1CCN(c2ncccn2)CC1. The molecule has 2 aliphatic carbocycles. The van der Waals surface area contributed by atoms with Gasteiger partial charge in [0.2, 0.25) is 17.8 Å². The van der Waals surface area contributed by atoms with E-state index < -0.39 is 0 Å². The Hall–Kier alpha value is -2.18. The quantitative estimate of drug-likeness (QED) is 0.876. The average Bonchev–Trinajstić information content (AvgIpc) is 3.50. The van der Waals surface area contributed by atoms with E-state index in [0.29, 0.717) is 25.6 Å². The standard InChI is InChI=1S/C19H27N5O2/c25-17(22-14-5-2-1-3-6-14)15-13-16(15)18(26)23-9-11-24(12-10-23)19-20-7-4-8-21-19/h4,7-8,14-16H,1-3,5-6,9-13H2,(H,22,25). The molecule has 0 aromatic carbocycles. The molecule has 1 aromatic rings. The lowest BCUT2D eigenvalue weighted by Crippen LogP contribution is -2.50. The molecule has 3 fully saturated rings. The van der Waals surface area contributed by atoms with Gasteiger partial charge in [-0.1, -0.05) is 19.3 Å². The Morgan fingerprint density at radius 2 is 1.65 bits per heavy atom. The number of rotatable bonds is 4. The van der Waals surface area contributed by atoms with Gasteiger partial charge in [0.1, 0.15) is 0 Å². The number of aromatic nitrogens is 2. The van der Waals surface area contributed by atoms with Crippen LogP contribution in [0.2, 0.25) is 0 Å². The molecule has 1 aliphatic heterocycles. The first kappa shape index (κ1) is 17.2. The molecule has 0 spiro atoms. The molecule has 4 rings (SSSR count). The molecule has 2 amide bonds. The maximum absolute atomic E-state index is 12.7. The second-order valence-electron chi connectivity index (χ2n) is 7.65. The summed E-state index contributed by atoms with van der Waals surface area (Å²) in [5, 5.41) is 3.16. The van der Waals surface area contributed by atoms with Crippen LogP contribution in [0.25, 0.3) is 0 Å². The molecule has 2 atom stereocenters. The molecular weight excluding hydrogens is 330 g/mol. The maximum Gasteiger partial charge on any atom is 0.226 e. The van der Waals surface area contributed by atoms with Gasteiger partial charge in [-0.05, 0) is 25.3 Å². The predicted molar refractivity (Wildman–Crippen MR) is 97.4 cm³/mol. The number of nitrogens with zero attached hydrogens (tertiary/aromatic N) is 4. The van der Waals surface area contributed by atoms with Crippen LogP contribution in [0.15, 0.2) is 18.5 Å². The van der Waals surface area contributed by atoms with E-state index in [9.17, 15) is 9.59 Å². The highest BCUT2D eigenvalue weighted by molar-refractivity contribution is 5.92. The summed E-state index contributed by atoms with van der Waals surface area (Å²) in [6, 6.07) is 2.12. The second-order valence-corrected chi connectivity index (χ2v) is 7.65. The lowest BCUT2D eigenvalue weighted by atomic mass is 9.95. The number of anilines is 1. The fourth-order valence-electron chi connectivity index (χ4n) is 4.13. The van der Waals surface area contributed by atoms with Crippen LogP contribution in [0.4, 0.5) is 5.95 Å². The van der Waals surface area contributed by atoms with Crippen molar-refractivity contribution in [2.45, 2.75) is 44.6 Å². The number of nitrogens with one attached hydrogen (secondary N) is 1. The van der Waals surface area contributed by atoms with Gasteiger partial charge < -0.3 is 15.1 Å². The molecule has 1 aromatic heterocycles. The molecule has 2 heterocycles. The molecule has 2 saturated carbocycles. The molecule has 1 saturated heterocycles. The Morgan fingerprint density at radius 1 is 0.962 bits per heavy atom. The van der Waals surface area contributed by atoms with Crippen molar-refractivity contribution in [3.05, 3.63) is 18.5 Å². The zero-order valence-electron chi connectivity index (χ0n) is 15.1. The van der Waals surface area contributed by atoms with Gasteiger partial charge in [0, 0.05) is 44.6 Å². The Labute approximate surface area is 154 Å². The van der Waals surface area contributed by atoms with Gasteiger partial charge in [0.25, 0.3) is 0 Å². The fourth-order valence-corrected chi connectivity index (χ4v) is 4.13. The molecule has 3 aliphatic rings. The number of carbonyl (C=O) groups is 2. The summed E-state index contributed by atoms with van der Waals surface area (Å²) < 4.78 is 0. The number of hydrogen-bond acceptors (Lipinski definition) is 5. The molecule has 0 bridgehead atoms. The third-order valence-corrected chi connectivity index (χ3v) is 5.82. The highest BCUT2D eigenvalue weighted by Gasteiger charge is 2.50. The number of carbonyl (C=O) groups excluding carboxylic acids is 2. The van der Waals surface area contributed by atoms with Gasteiger partial charge in [-0.3, -0.25) is 9.59 Å². The summed E-state index contributed by atoms with van der Waals surface area (Å²) in [5.74, 6) is 0.725. The first-order valence-electron chi connectivity index (χ1n) is 9.83. The topological polar surface area (TPSA) is 78.4 Å². The number of hydrogen-bond donors (Lipinski definition) is 1. The smallest absolute Gasteiger partial charge is 0.226 e. The minimum absolute atomic E-state index is 0.0894. The Bertz CT molecular complexity index is 639. The van der Waals surface area contributed by atoms with Gasteiger partial charge in [0.15, 0.2) is 0 Å². The van der Waals surface area contributed by atoms with Crippen LogP contribution in [0.5, 0.6) is 0 Å². The molecule has 0 radical (unpaired) electrons. The van der Waals surface area contributed by atoms with Gasteiger partial charge in [0.05, 0.1) is 11.8 Å². The molecule has 26 heavy (non-hydrogen) atoms. The van der Waals surface area contributed by atoms with Crippen LogP contribution in [-0.4, -0.2) is 58.9 Å². The van der Waals surface area contributed by atoms with Crippen LogP contribution >= 0.6 is 0 Å². The van der Waals surface area contributed by atoms with E-state index in [1.54, 1.807) is 18.5 Å². The normalized spacial score (nSPS) is 26.5. The summed E-state index contributed by atoms with van der Waals surface area (Å²) in [4.78, 5) is 37.6. The monoisotopic (exact) mass is 357 g/mol. The zero-order chi connectivity index (χ0) is 17.9. The zero-order valence-corrected chi connectivity index (χ0v) is 15.1. The average molecular weight is 357 g/mol. The lowest BCUT2D eigenvalue weighted by molar-refractivity contribution is -0.135. The van der Waals surface area contributed by atoms with Crippen LogP contribution in [-0.2, 0) is 9.59 Å². The third-order valence-electron chi connectivity index (χ3n) is 5.82. The largest absolute Gasteiger partial charge is 0.353 e. The van der Waals surface area contributed by atoms with E-state index in [-0.39, 0.29) is 23.7 Å². The lowest BCUT2D eigenvalue weighted by Gasteiger charge is -2.34. The molecule has 7 heteroatoms. The predicted octanol–water partition coefficient (Wildman–Crippen LogP) is 1.21. The Kier molecular flexibility index (Phi) is 5.04. The molecule has 140 valence electrons. The highest BCUT2D eigenvalue weighted by Crippen LogP contribution is 2.40. The van der Waals surface area contributed by atoms with Gasteiger partial charge in [-0.15, -0.1) is 0 Å². The van der Waals surface area contributed by atoms with Gasteiger partial charge in [-0.25, -0.2) is 9.97 Å². The van der Waals surface area contributed by atoms with Crippen molar-refractivity contribution in [3.8, 4) is 0 Å². The first-order valence-corrected chi connectivity index (χ1v) is 9.83. The molecule has 2 unspecified atom stereocenters. The minimum Gasteiger partial charge on any atom is -0.353 e. The van der Waals surface area contributed by atoms with Crippen LogP contribution < -0.4 is 10.2 Å². The van der Waals surface area contributed by atoms with Gasteiger partial charge >= 0.3 is 0 Å². The van der Waals surface area contributed by atoms with E-state index >= 15 is 0 Å². The van der Waals surface area contributed by atoms with E-state index in [0.717, 1.165) is 31.9 Å². The fraction of sp³-hybridized carbons (Fsp3) is 0.684. The van der Waals surface area contributed by atoms with Crippen molar-refractivity contribution in [1.82, 2.24) is 20.2 Å². The van der Waals surface area contributed by atoms with Crippen molar-refractivity contribution < 1.29 is 9.59 Å². The molecule has 7 nitrogen and oxygen atoms in total. The summed E-state index contributed by atoms with van der Waals surface area (Å²) >= 11 is 0. The van der Waals surface area contributed by atoms with E-state index in [2.05, 4.69) is 20.2 Å². The van der Waals surface area contributed by atoms with Crippen molar-refractivity contribution in [1.29, 1.82) is 0 Å². The second kappa shape index (κ2) is 7.60. The maximum atomic E-state index is 12.7. The minimum atomic E-state index is -0.113. The number of piperazine rings is 1. The number of amides is 2. The van der Waals surface area contributed by atoms with Crippen molar-refractivity contribution in [3.63, 3.8) is 0 Å². The Balaban J connectivity index is 1.24. The summed E-state index contributed by atoms with van der Waals surface area (Å²) in [7, 11) is 0. The van der Waals surface area contributed by atoms with Crippen molar-refractivity contribution >= 4 is 17.8 Å². The summed E-state index contributed by atoms with van der Waals surface area (Å²) in [6.45, 7) is 2.82.